The molecule has 2 rings (SSSR count). The summed E-state index contributed by atoms with van der Waals surface area (Å²) in [5, 5.41) is 4.51. The number of ether oxygens (including phenoxy) is 1. The lowest BCUT2D eigenvalue weighted by atomic mass is 10.2. The molecule has 4 heteroatoms. The lowest BCUT2D eigenvalue weighted by Crippen LogP contribution is -2.06. The van der Waals surface area contributed by atoms with Gasteiger partial charge in [0.2, 0.25) is 0 Å². The second-order valence-electron chi connectivity index (χ2n) is 4.36. The third-order valence-electron chi connectivity index (χ3n) is 3.04. The van der Waals surface area contributed by atoms with Crippen LogP contribution in [0.2, 0.25) is 0 Å². The van der Waals surface area contributed by atoms with Gasteiger partial charge in [0.25, 0.3) is 0 Å². The minimum Gasteiger partial charge on any atom is -0.487 e. The maximum absolute atomic E-state index is 5.79. The molecule has 0 radical (unpaired) electrons. The van der Waals surface area contributed by atoms with Gasteiger partial charge in [-0.2, -0.15) is 5.10 Å². The molecule has 0 fully saturated rings. The topological polar surface area (TPSA) is 27.1 Å². The summed E-state index contributed by atoms with van der Waals surface area (Å²) >= 11 is 5.76. The van der Waals surface area contributed by atoms with Gasteiger partial charge in [-0.05, 0) is 37.1 Å². The lowest BCUT2D eigenvalue weighted by Gasteiger charge is -2.08. The average molecular weight is 279 g/mol. The van der Waals surface area contributed by atoms with Crippen LogP contribution in [0.3, 0.4) is 0 Å². The minimum absolute atomic E-state index is 0.531. The first-order valence-corrected chi connectivity index (χ1v) is 7.13. The molecule has 0 aliphatic carbocycles. The van der Waals surface area contributed by atoms with E-state index in [0.717, 1.165) is 35.7 Å². The molecule has 19 heavy (non-hydrogen) atoms. The minimum atomic E-state index is 0.531. The van der Waals surface area contributed by atoms with E-state index in [9.17, 15) is 0 Å². The van der Waals surface area contributed by atoms with Crippen LogP contribution in [0.25, 0.3) is 0 Å². The first kappa shape index (κ1) is 13.9. The average Bonchev–Trinajstić information content (AvgIpc) is 2.88. The van der Waals surface area contributed by atoms with E-state index in [1.54, 1.807) is 0 Å². The van der Waals surface area contributed by atoms with E-state index in [1.165, 1.54) is 0 Å². The van der Waals surface area contributed by atoms with Crippen molar-refractivity contribution in [2.24, 2.45) is 0 Å². The SMILES string of the molecule is CCc1cc(COc2ccc(CCl)cc2)n(CC)n1. The predicted molar refractivity (Wildman–Crippen MR) is 77.6 cm³/mol. The van der Waals surface area contributed by atoms with E-state index in [2.05, 4.69) is 25.0 Å². The Kier molecular flexibility index (Phi) is 4.86. The van der Waals surface area contributed by atoms with E-state index in [-0.39, 0.29) is 0 Å². The zero-order valence-corrected chi connectivity index (χ0v) is 12.2. The summed E-state index contributed by atoms with van der Waals surface area (Å²) in [5.74, 6) is 1.39. The molecule has 0 amide bonds. The van der Waals surface area contributed by atoms with E-state index in [0.29, 0.717) is 12.5 Å². The molecule has 2 aromatic rings. The Bertz CT molecular complexity index is 519. The molecule has 0 aliphatic rings. The molecule has 1 aromatic carbocycles. The van der Waals surface area contributed by atoms with Gasteiger partial charge < -0.3 is 4.74 Å². The Labute approximate surface area is 119 Å². The molecular weight excluding hydrogens is 260 g/mol. The maximum Gasteiger partial charge on any atom is 0.130 e. The molecule has 0 N–H and O–H groups in total. The number of rotatable bonds is 6. The van der Waals surface area contributed by atoms with Crippen molar-refractivity contribution in [2.45, 2.75) is 39.3 Å². The van der Waals surface area contributed by atoms with Crippen molar-refractivity contribution < 1.29 is 4.74 Å². The van der Waals surface area contributed by atoms with Crippen LogP contribution >= 0.6 is 11.6 Å². The van der Waals surface area contributed by atoms with Crippen LogP contribution in [-0.2, 0) is 25.5 Å². The highest BCUT2D eigenvalue weighted by atomic mass is 35.5. The molecule has 1 heterocycles. The highest BCUT2D eigenvalue weighted by Gasteiger charge is 2.06. The molecule has 0 saturated carbocycles. The highest BCUT2D eigenvalue weighted by Crippen LogP contribution is 2.16. The summed E-state index contributed by atoms with van der Waals surface area (Å²) in [4.78, 5) is 0. The van der Waals surface area contributed by atoms with Gasteiger partial charge in [0.15, 0.2) is 0 Å². The van der Waals surface area contributed by atoms with Gasteiger partial charge in [-0.1, -0.05) is 19.1 Å². The number of aryl methyl sites for hydroxylation is 2. The molecular formula is C15H19ClN2O. The molecule has 0 aliphatic heterocycles. The number of halogens is 1. The Balaban J connectivity index is 2.02. The fraction of sp³-hybridized carbons (Fsp3) is 0.400. The van der Waals surface area contributed by atoms with Crippen molar-refractivity contribution >= 4 is 11.6 Å². The van der Waals surface area contributed by atoms with Gasteiger partial charge in [-0.3, -0.25) is 4.68 Å². The standard InChI is InChI=1S/C15H19ClN2O/c1-3-13-9-14(18(4-2)17-13)11-19-15-7-5-12(10-16)6-8-15/h5-9H,3-4,10-11H2,1-2H3. The Hall–Kier alpha value is -1.48. The lowest BCUT2D eigenvalue weighted by molar-refractivity contribution is 0.292. The molecule has 0 bridgehead atoms. The van der Waals surface area contributed by atoms with Gasteiger partial charge in [-0.15, -0.1) is 11.6 Å². The number of benzene rings is 1. The zero-order valence-electron chi connectivity index (χ0n) is 11.4. The number of hydrogen-bond acceptors (Lipinski definition) is 2. The second-order valence-corrected chi connectivity index (χ2v) is 4.63. The summed E-state index contributed by atoms with van der Waals surface area (Å²) in [6, 6.07) is 9.97. The predicted octanol–water partition coefficient (Wildman–Crippen LogP) is 3.78. The van der Waals surface area contributed by atoms with Crippen molar-refractivity contribution in [1.82, 2.24) is 9.78 Å². The zero-order chi connectivity index (χ0) is 13.7. The second kappa shape index (κ2) is 6.62. The Morgan fingerprint density at radius 1 is 1.21 bits per heavy atom. The van der Waals surface area contributed by atoms with E-state index < -0.39 is 0 Å². The van der Waals surface area contributed by atoms with Crippen molar-refractivity contribution in [2.75, 3.05) is 0 Å². The summed E-state index contributed by atoms with van der Waals surface area (Å²) < 4.78 is 7.78. The van der Waals surface area contributed by atoms with Gasteiger partial charge in [-0.25, -0.2) is 0 Å². The number of aromatic nitrogens is 2. The molecule has 0 saturated heterocycles. The van der Waals surface area contributed by atoms with E-state index >= 15 is 0 Å². The van der Waals surface area contributed by atoms with Gasteiger partial charge in [0, 0.05) is 12.4 Å². The molecule has 0 unspecified atom stereocenters. The van der Waals surface area contributed by atoms with Crippen molar-refractivity contribution in [3.8, 4) is 5.75 Å². The van der Waals surface area contributed by atoms with Crippen LogP contribution < -0.4 is 4.74 Å². The van der Waals surface area contributed by atoms with Crippen molar-refractivity contribution in [1.29, 1.82) is 0 Å². The fourth-order valence-corrected chi connectivity index (χ4v) is 2.09. The van der Waals surface area contributed by atoms with Gasteiger partial charge >= 0.3 is 0 Å². The molecule has 0 atom stereocenters. The Morgan fingerprint density at radius 3 is 2.53 bits per heavy atom. The van der Waals surface area contributed by atoms with Gasteiger partial charge in [0.1, 0.15) is 12.4 Å². The van der Waals surface area contributed by atoms with Crippen molar-refractivity contribution in [3.05, 3.63) is 47.3 Å². The van der Waals surface area contributed by atoms with Crippen molar-refractivity contribution in [3.63, 3.8) is 0 Å². The first-order valence-electron chi connectivity index (χ1n) is 6.60. The number of alkyl halides is 1. The quantitative estimate of drug-likeness (QED) is 0.752. The number of hydrogen-bond donors (Lipinski definition) is 0. The first-order chi connectivity index (χ1) is 9.26. The normalized spacial score (nSPS) is 10.7. The molecule has 1 aromatic heterocycles. The monoisotopic (exact) mass is 278 g/mol. The highest BCUT2D eigenvalue weighted by molar-refractivity contribution is 6.17. The van der Waals surface area contributed by atoms with Crippen LogP contribution in [-0.4, -0.2) is 9.78 Å². The van der Waals surface area contributed by atoms with Crippen LogP contribution in [0.15, 0.2) is 30.3 Å². The van der Waals surface area contributed by atoms with Crippen LogP contribution in [0.1, 0.15) is 30.8 Å². The van der Waals surface area contributed by atoms with Gasteiger partial charge in [0.05, 0.1) is 11.4 Å². The van der Waals surface area contributed by atoms with Crippen LogP contribution in [0.5, 0.6) is 5.75 Å². The third kappa shape index (κ3) is 3.51. The summed E-state index contributed by atoms with van der Waals surface area (Å²) in [7, 11) is 0. The maximum atomic E-state index is 5.79. The summed E-state index contributed by atoms with van der Waals surface area (Å²) in [6.45, 7) is 5.61. The summed E-state index contributed by atoms with van der Waals surface area (Å²) in [5.41, 5.74) is 3.32. The van der Waals surface area contributed by atoms with E-state index in [4.69, 9.17) is 16.3 Å². The molecule has 0 spiro atoms. The van der Waals surface area contributed by atoms with Crippen LogP contribution in [0.4, 0.5) is 0 Å². The largest absolute Gasteiger partial charge is 0.487 e. The van der Waals surface area contributed by atoms with E-state index in [1.807, 2.05) is 28.9 Å². The molecule has 3 nitrogen and oxygen atoms in total. The smallest absolute Gasteiger partial charge is 0.130 e. The number of nitrogens with zero attached hydrogens (tertiary/aromatic N) is 2. The fourth-order valence-electron chi connectivity index (χ4n) is 1.91. The Morgan fingerprint density at radius 2 is 1.95 bits per heavy atom. The third-order valence-corrected chi connectivity index (χ3v) is 3.35. The van der Waals surface area contributed by atoms with Crippen LogP contribution in [0, 0.1) is 0 Å². The summed E-state index contributed by atoms with van der Waals surface area (Å²) in [6.07, 6.45) is 0.949. The molecule has 102 valence electrons.